The van der Waals surface area contributed by atoms with E-state index in [1.165, 1.54) is 5.56 Å². The lowest BCUT2D eigenvalue weighted by Crippen LogP contribution is -2.54. The van der Waals surface area contributed by atoms with Gasteiger partial charge in [0.25, 0.3) is 0 Å². The third-order valence-corrected chi connectivity index (χ3v) is 5.09. The van der Waals surface area contributed by atoms with Gasteiger partial charge in [0, 0.05) is 58.1 Å². The Hall–Kier alpha value is -1.46. The zero-order chi connectivity index (χ0) is 15.5. The van der Waals surface area contributed by atoms with Crippen LogP contribution in [0.5, 0.6) is 0 Å². The fourth-order valence-electron chi connectivity index (χ4n) is 3.81. The predicted molar refractivity (Wildman–Crippen MR) is 86.6 cm³/mol. The van der Waals surface area contributed by atoms with Crippen LogP contribution in [0.3, 0.4) is 0 Å². The number of carbonyl (C=O) groups is 1. The highest BCUT2D eigenvalue weighted by molar-refractivity contribution is 5.74. The Morgan fingerprint density at radius 2 is 2.05 bits per heavy atom. The number of hydrogen-bond donors (Lipinski definition) is 0. The van der Waals surface area contributed by atoms with Gasteiger partial charge in [-0.2, -0.15) is 0 Å². The van der Waals surface area contributed by atoms with E-state index in [1.807, 2.05) is 12.3 Å². The summed E-state index contributed by atoms with van der Waals surface area (Å²) in [7, 11) is 2.18. The van der Waals surface area contributed by atoms with Crippen molar-refractivity contribution in [2.75, 3.05) is 39.8 Å². The van der Waals surface area contributed by atoms with Crippen LogP contribution in [0.15, 0.2) is 24.5 Å². The largest absolute Gasteiger partial charge is 0.338 e. The van der Waals surface area contributed by atoms with Crippen LogP contribution in [0, 0.1) is 0 Å². The van der Waals surface area contributed by atoms with Gasteiger partial charge in [-0.25, -0.2) is 0 Å². The summed E-state index contributed by atoms with van der Waals surface area (Å²) in [6, 6.07) is 4.86. The van der Waals surface area contributed by atoms with Crippen LogP contribution < -0.4 is 0 Å². The Kier molecular flexibility index (Phi) is 4.74. The molecule has 2 fully saturated rings. The first-order chi connectivity index (χ1) is 10.6. The van der Waals surface area contributed by atoms with Crippen molar-refractivity contribution in [1.29, 1.82) is 0 Å². The minimum Gasteiger partial charge on any atom is -0.338 e. The Labute approximate surface area is 132 Å². The van der Waals surface area contributed by atoms with E-state index in [2.05, 4.69) is 32.8 Å². The van der Waals surface area contributed by atoms with Crippen molar-refractivity contribution < 1.29 is 4.79 Å². The minimum absolute atomic E-state index is 0.200. The number of likely N-dealkylation sites (tertiary alicyclic amines) is 1. The zero-order valence-electron chi connectivity index (χ0n) is 13.6. The van der Waals surface area contributed by atoms with Gasteiger partial charge < -0.3 is 9.80 Å². The molecule has 1 amide bonds. The molecular formula is C17H26N4O. The minimum atomic E-state index is 0.200. The number of hydrogen-bond acceptors (Lipinski definition) is 4. The number of likely N-dealkylation sites (N-methyl/N-ethyl adjacent to an activating group) is 1. The van der Waals surface area contributed by atoms with Gasteiger partial charge in [0.1, 0.15) is 0 Å². The second kappa shape index (κ2) is 6.75. The van der Waals surface area contributed by atoms with Crippen molar-refractivity contribution in [3.05, 3.63) is 30.1 Å². The summed E-state index contributed by atoms with van der Waals surface area (Å²) in [5.74, 6) is 0.200. The molecule has 2 aliphatic rings. The van der Waals surface area contributed by atoms with Gasteiger partial charge in [0.05, 0.1) is 6.04 Å². The average Bonchev–Trinajstić information content (AvgIpc) is 2.93. The molecule has 0 aromatic carbocycles. The van der Waals surface area contributed by atoms with Crippen LogP contribution >= 0.6 is 0 Å². The SMILES string of the molecule is CC(=O)N1CC[C@@H](N2CCN(C)CC2)[C@@H]1Cc1cccnc1. The molecule has 0 aliphatic carbocycles. The first-order valence-corrected chi connectivity index (χ1v) is 8.24. The summed E-state index contributed by atoms with van der Waals surface area (Å²) < 4.78 is 0. The summed E-state index contributed by atoms with van der Waals surface area (Å²) in [6.45, 7) is 7.04. The Bertz CT molecular complexity index is 499. The van der Waals surface area contributed by atoms with Crippen LogP contribution in [0.25, 0.3) is 0 Å². The maximum atomic E-state index is 12.0. The molecule has 120 valence electrons. The van der Waals surface area contributed by atoms with E-state index in [0.29, 0.717) is 6.04 Å². The van der Waals surface area contributed by atoms with Crippen LogP contribution in [0.4, 0.5) is 0 Å². The van der Waals surface area contributed by atoms with E-state index < -0.39 is 0 Å². The maximum Gasteiger partial charge on any atom is 0.219 e. The molecule has 0 saturated carbocycles. The number of piperazine rings is 1. The lowest BCUT2D eigenvalue weighted by atomic mass is 9.99. The highest BCUT2D eigenvalue weighted by Gasteiger charge is 2.39. The zero-order valence-corrected chi connectivity index (χ0v) is 13.6. The molecule has 1 aromatic rings. The predicted octanol–water partition coefficient (Wildman–Crippen LogP) is 0.861. The third-order valence-electron chi connectivity index (χ3n) is 5.09. The maximum absolute atomic E-state index is 12.0. The van der Waals surface area contributed by atoms with Gasteiger partial charge in [0.2, 0.25) is 5.91 Å². The molecular weight excluding hydrogens is 276 g/mol. The smallest absolute Gasteiger partial charge is 0.219 e. The average molecular weight is 302 g/mol. The van der Waals surface area contributed by atoms with Crippen molar-refractivity contribution in [2.45, 2.75) is 31.8 Å². The van der Waals surface area contributed by atoms with Crippen molar-refractivity contribution in [2.24, 2.45) is 0 Å². The number of nitrogens with zero attached hydrogens (tertiary/aromatic N) is 4. The van der Waals surface area contributed by atoms with E-state index in [0.717, 1.165) is 45.6 Å². The van der Waals surface area contributed by atoms with Gasteiger partial charge >= 0.3 is 0 Å². The number of carbonyl (C=O) groups excluding carboxylic acids is 1. The Morgan fingerprint density at radius 1 is 1.27 bits per heavy atom. The quantitative estimate of drug-likeness (QED) is 0.830. The van der Waals surface area contributed by atoms with Gasteiger partial charge in [-0.3, -0.25) is 14.7 Å². The molecule has 0 radical (unpaired) electrons. The van der Waals surface area contributed by atoms with Crippen LogP contribution in [0.2, 0.25) is 0 Å². The Balaban J connectivity index is 1.75. The first kappa shape index (κ1) is 15.4. The third kappa shape index (κ3) is 3.31. The topological polar surface area (TPSA) is 39.7 Å². The number of aromatic nitrogens is 1. The first-order valence-electron chi connectivity index (χ1n) is 8.24. The second-order valence-electron chi connectivity index (χ2n) is 6.54. The highest BCUT2D eigenvalue weighted by Crippen LogP contribution is 2.27. The van der Waals surface area contributed by atoms with Crippen molar-refractivity contribution >= 4 is 5.91 Å². The lowest BCUT2D eigenvalue weighted by Gasteiger charge is -2.39. The summed E-state index contributed by atoms with van der Waals surface area (Å²) in [5.41, 5.74) is 1.22. The van der Waals surface area contributed by atoms with E-state index in [4.69, 9.17) is 0 Å². The molecule has 0 spiro atoms. The van der Waals surface area contributed by atoms with Gasteiger partial charge in [0.15, 0.2) is 0 Å². The van der Waals surface area contributed by atoms with Crippen LogP contribution in [-0.4, -0.2) is 77.4 Å². The molecule has 3 rings (SSSR count). The molecule has 0 N–H and O–H groups in total. The summed E-state index contributed by atoms with van der Waals surface area (Å²) in [5, 5.41) is 0. The van der Waals surface area contributed by atoms with Gasteiger partial charge in [-0.1, -0.05) is 6.07 Å². The van der Waals surface area contributed by atoms with E-state index >= 15 is 0 Å². The van der Waals surface area contributed by atoms with E-state index in [-0.39, 0.29) is 11.9 Å². The van der Waals surface area contributed by atoms with Crippen molar-refractivity contribution in [3.8, 4) is 0 Å². The molecule has 22 heavy (non-hydrogen) atoms. The molecule has 5 heteroatoms. The van der Waals surface area contributed by atoms with Gasteiger partial charge in [-0.05, 0) is 31.5 Å². The monoisotopic (exact) mass is 302 g/mol. The molecule has 3 heterocycles. The van der Waals surface area contributed by atoms with Crippen molar-refractivity contribution in [3.63, 3.8) is 0 Å². The van der Waals surface area contributed by atoms with E-state index in [9.17, 15) is 4.79 Å². The molecule has 1 aromatic heterocycles. The van der Waals surface area contributed by atoms with Crippen molar-refractivity contribution in [1.82, 2.24) is 19.7 Å². The number of rotatable bonds is 3. The molecule has 2 aliphatic heterocycles. The molecule has 0 bridgehead atoms. The molecule has 5 nitrogen and oxygen atoms in total. The second-order valence-corrected chi connectivity index (χ2v) is 6.54. The number of amides is 1. The summed E-state index contributed by atoms with van der Waals surface area (Å²) in [4.78, 5) is 23.3. The van der Waals surface area contributed by atoms with E-state index in [1.54, 1.807) is 13.1 Å². The Morgan fingerprint density at radius 3 is 2.68 bits per heavy atom. The fraction of sp³-hybridized carbons (Fsp3) is 0.647. The summed E-state index contributed by atoms with van der Waals surface area (Å²) >= 11 is 0. The normalized spacial score (nSPS) is 27.3. The molecule has 2 saturated heterocycles. The number of pyridine rings is 1. The highest BCUT2D eigenvalue weighted by atomic mass is 16.2. The van der Waals surface area contributed by atoms with Crippen LogP contribution in [0.1, 0.15) is 18.9 Å². The fourth-order valence-corrected chi connectivity index (χ4v) is 3.81. The molecule has 0 unspecified atom stereocenters. The van der Waals surface area contributed by atoms with Crippen LogP contribution in [-0.2, 0) is 11.2 Å². The standard InChI is InChI=1S/C17H26N4O/c1-14(22)21-7-5-16(20-10-8-19(2)9-11-20)17(21)12-15-4-3-6-18-13-15/h3-4,6,13,16-17H,5,7-12H2,1-2H3/t16-,17+/m1/s1. The summed E-state index contributed by atoms with van der Waals surface area (Å²) in [6.07, 6.45) is 5.73. The van der Waals surface area contributed by atoms with Gasteiger partial charge in [-0.15, -0.1) is 0 Å². The lowest BCUT2D eigenvalue weighted by molar-refractivity contribution is -0.130. The molecule has 2 atom stereocenters.